The molecule has 49 heavy (non-hydrogen) atoms. The van der Waals surface area contributed by atoms with Crippen molar-refractivity contribution < 1.29 is 13.2 Å². The molecular weight excluding hydrogens is 611 g/mol. The van der Waals surface area contributed by atoms with Crippen LogP contribution in [0.4, 0.5) is 30.2 Å². The summed E-state index contributed by atoms with van der Waals surface area (Å²) in [6.07, 6.45) is 0. The van der Waals surface area contributed by atoms with E-state index in [-0.39, 0.29) is 0 Å². The largest absolute Gasteiger partial charge is 0.310 e. The average Bonchev–Trinajstić information content (AvgIpc) is 3.57. The minimum atomic E-state index is -1.12. The summed E-state index contributed by atoms with van der Waals surface area (Å²) in [6.45, 7) is 2.29. The van der Waals surface area contributed by atoms with Gasteiger partial charge in [-0.05, 0) is 129 Å². The number of fused-ring (bicyclic) bond motifs is 12. The third-order valence-electron chi connectivity index (χ3n) is 11.1. The molecule has 1 heterocycles. The maximum atomic E-state index is 15.3. The minimum absolute atomic E-state index is 0.395. The first kappa shape index (κ1) is 28.2. The Morgan fingerprint density at radius 2 is 0.816 bits per heavy atom. The van der Waals surface area contributed by atoms with Crippen LogP contribution in [0.2, 0.25) is 0 Å². The van der Waals surface area contributed by atoms with E-state index in [0.717, 1.165) is 44.9 Å². The van der Waals surface area contributed by atoms with Crippen molar-refractivity contribution in [3.8, 4) is 22.3 Å². The molecule has 1 spiro atoms. The lowest BCUT2D eigenvalue weighted by Gasteiger charge is -2.44. The van der Waals surface area contributed by atoms with Crippen molar-refractivity contribution in [3.63, 3.8) is 0 Å². The number of hydrogen-bond donors (Lipinski definition) is 0. The van der Waals surface area contributed by atoms with Crippen LogP contribution in [-0.2, 0) is 10.8 Å². The molecule has 0 aromatic heterocycles. The van der Waals surface area contributed by atoms with Crippen LogP contribution in [0, 0.1) is 17.5 Å². The summed E-state index contributed by atoms with van der Waals surface area (Å²) in [5.41, 5.74) is 11.3. The van der Waals surface area contributed by atoms with E-state index in [9.17, 15) is 0 Å². The molecule has 3 aliphatic rings. The van der Waals surface area contributed by atoms with E-state index in [1.54, 1.807) is 36.4 Å². The van der Waals surface area contributed by atoms with Crippen molar-refractivity contribution in [3.05, 3.63) is 208 Å². The Balaban J connectivity index is 1.28. The van der Waals surface area contributed by atoms with Gasteiger partial charge >= 0.3 is 0 Å². The fourth-order valence-electron chi connectivity index (χ4n) is 9.09. The highest BCUT2D eigenvalue weighted by atomic mass is 19.1. The molecule has 4 heteroatoms. The summed E-state index contributed by atoms with van der Waals surface area (Å²) in [5.74, 6) is -1.19. The van der Waals surface area contributed by atoms with Crippen molar-refractivity contribution in [2.24, 2.45) is 0 Å². The number of nitrogens with zero attached hydrogens (tertiary/aromatic N) is 1. The average molecular weight is 640 g/mol. The van der Waals surface area contributed by atoms with Gasteiger partial charge in [0, 0.05) is 11.1 Å². The van der Waals surface area contributed by atoms with Crippen molar-refractivity contribution in [1.82, 2.24) is 0 Å². The molecule has 0 unspecified atom stereocenters. The standard InChI is InChI=1S/C45H28F3N/c1-44(27-9-3-2-4-10-27)36-11-5-7-13-42(36)49(43-14-8-6-12-37(43)44)31-18-22-35-34-21-17-30(48)25-40(34)45(41(35)26-31)38-23-28(46)15-19-32(38)33-20-16-29(47)24-39(33)45/h2-26H,1H3. The first-order valence-electron chi connectivity index (χ1n) is 16.5. The van der Waals surface area contributed by atoms with Gasteiger partial charge in [0.1, 0.15) is 17.5 Å². The molecule has 234 valence electrons. The number of anilines is 3. The fourth-order valence-corrected chi connectivity index (χ4v) is 9.09. The van der Waals surface area contributed by atoms with E-state index >= 15 is 13.2 Å². The van der Waals surface area contributed by atoms with Crippen LogP contribution in [0.1, 0.15) is 45.9 Å². The van der Waals surface area contributed by atoms with Crippen LogP contribution in [0.3, 0.4) is 0 Å². The van der Waals surface area contributed by atoms with Crippen LogP contribution < -0.4 is 4.90 Å². The molecule has 1 nitrogen and oxygen atoms in total. The van der Waals surface area contributed by atoms with Gasteiger partial charge in [-0.1, -0.05) is 91.0 Å². The summed E-state index contributed by atoms with van der Waals surface area (Å²) in [6, 6.07) is 48.2. The maximum absolute atomic E-state index is 15.3. The highest BCUT2D eigenvalue weighted by Gasteiger charge is 2.53. The zero-order valence-corrected chi connectivity index (χ0v) is 26.5. The SMILES string of the molecule is CC1(c2ccccc2)c2ccccc2N(c2ccc3c(c2)C2(c4cc(F)ccc4-c4ccc(F)cc42)c2cc(F)ccc2-3)c2ccccc21. The predicted octanol–water partition coefficient (Wildman–Crippen LogP) is 11.6. The van der Waals surface area contributed by atoms with Gasteiger partial charge in [0.15, 0.2) is 0 Å². The number of rotatable bonds is 2. The molecule has 2 aliphatic carbocycles. The van der Waals surface area contributed by atoms with E-state index in [4.69, 9.17) is 0 Å². The highest BCUT2D eigenvalue weighted by molar-refractivity contribution is 5.97. The van der Waals surface area contributed by atoms with Crippen molar-refractivity contribution in [2.45, 2.75) is 17.8 Å². The predicted molar refractivity (Wildman–Crippen MR) is 189 cm³/mol. The Morgan fingerprint density at radius 1 is 0.408 bits per heavy atom. The number of benzene rings is 7. The minimum Gasteiger partial charge on any atom is -0.310 e. The topological polar surface area (TPSA) is 3.24 Å². The Bertz CT molecular complexity index is 2400. The summed E-state index contributed by atoms with van der Waals surface area (Å²) in [4.78, 5) is 2.29. The second-order valence-electron chi connectivity index (χ2n) is 13.4. The van der Waals surface area contributed by atoms with E-state index in [1.165, 1.54) is 34.9 Å². The Kier molecular flexibility index (Phi) is 5.65. The van der Waals surface area contributed by atoms with Gasteiger partial charge < -0.3 is 4.90 Å². The fraction of sp³-hybridized carbons (Fsp3) is 0.0667. The van der Waals surface area contributed by atoms with Gasteiger partial charge in [-0.15, -0.1) is 0 Å². The van der Waals surface area contributed by atoms with Crippen LogP contribution >= 0.6 is 0 Å². The summed E-state index contributed by atoms with van der Waals surface area (Å²) < 4.78 is 45.9. The molecular formula is C45H28F3N. The summed E-state index contributed by atoms with van der Waals surface area (Å²) in [5, 5.41) is 0. The quantitative estimate of drug-likeness (QED) is 0.182. The molecule has 0 fully saturated rings. The lowest BCUT2D eigenvalue weighted by molar-refractivity contribution is 0.613. The number of para-hydroxylation sites is 2. The van der Waals surface area contributed by atoms with Crippen molar-refractivity contribution in [1.29, 1.82) is 0 Å². The molecule has 0 radical (unpaired) electrons. The van der Waals surface area contributed by atoms with Crippen LogP contribution in [-0.4, -0.2) is 0 Å². The van der Waals surface area contributed by atoms with E-state index < -0.39 is 28.3 Å². The van der Waals surface area contributed by atoms with E-state index in [0.29, 0.717) is 16.7 Å². The molecule has 0 atom stereocenters. The molecule has 0 saturated heterocycles. The Hall–Kier alpha value is -5.87. The van der Waals surface area contributed by atoms with Gasteiger partial charge in [0.2, 0.25) is 0 Å². The Morgan fingerprint density at radius 3 is 1.31 bits per heavy atom. The maximum Gasteiger partial charge on any atom is 0.123 e. The molecule has 7 aromatic carbocycles. The lowest BCUT2D eigenvalue weighted by atomic mass is 9.67. The molecule has 10 rings (SSSR count). The summed E-state index contributed by atoms with van der Waals surface area (Å²) >= 11 is 0. The molecule has 1 aliphatic heterocycles. The van der Waals surface area contributed by atoms with Crippen LogP contribution in [0.25, 0.3) is 22.3 Å². The van der Waals surface area contributed by atoms with Crippen LogP contribution in [0.15, 0.2) is 152 Å². The van der Waals surface area contributed by atoms with Gasteiger partial charge in [-0.3, -0.25) is 0 Å². The first-order chi connectivity index (χ1) is 23.9. The second kappa shape index (κ2) is 9.83. The number of hydrogen-bond acceptors (Lipinski definition) is 1. The molecule has 0 saturated carbocycles. The molecule has 0 N–H and O–H groups in total. The number of halogens is 3. The van der Waals surface area contributed by atoms with Gasteiger partial charge in [0.05, 0.1) is 16.8 Å². The van der Waals surface area contributed by atoms with E-state index in [2.05, 4.69) is 103 Å². The molecule has 7 aromatic rings. The first-order valence-corrected chi connectivity index (χ1v) is 16.5. The lowest BCUT2D eigenvalue weighted by Crippen LogP contribution is -2.34. The molecule has 0 bridgehead atoms. The third kappa shape index (κ3) is 3.56. The second-order valence-corrected chi connectivity index (χ2v) is 13.4. The van der Waals surface area contributed by atoms with Crippen molar-refractivity contribution in [2.75, 3.05) is 4.90 Å². The van der Waals surface area contributed by atoms with Gasteiger partial charge in [-0.25, -0.2) is 13.2 Å². The molecule has 0 amide bonds. The zero-order valence-electron chi connectivity index (χ0n) is 26.5. The monoisotopic (exact) mass is 639 g/mol. The van der Waals surface area contributed by atoms with Gasteiger partial charge in [0.25, 0.3) is 0 Å². The highest BCUT2D eigenvalue weighted by Crippen LogP contribution is 2.64. The third-order valence-corrected chi connectivity index (χ3v) is 11.1. The normalized spacial score (nSPS) is 15.2. The smallest absolute Gasteiger partial charge is 0.123 e. The van der Waals surface area contributed by atoms with Crippen molar-refractivity contribution >= 4 is 17.1 Å². The zero-order chi connectivity index (χ0) is 33.1. The van der Waals surface area contributed by atoms with Gasteiger partial charge in [-0.2, -0.15) is 0 Å². The summed E-state index contributed by atoms with van der Waals surface area (Å²) in [7, 11) is 0. The Labute approximate surface area is 282 Å². The van der Waals surface area contributed by atoms with Crippen LogP contribution in [0.5, 0.6) is 0 Å². The van der Waals surface area contributed by atoms with E-state index in [1.807, 2.05) is 6.07 Å².